The van der Waals surface area contributed by atoms with Crippen LogP contribution in [0.5, 0.6) is 5.75 Å². The van der Waals surface area contributed by atoms with E-state index in [0.29, 0.717) is 41.9 Å². The van der Waals surface area contributed by atoms with E-state index in [-0.39, 0.29) is 17.4 Å². The number of nitrogens with zero attached hydrogens (tertiary/aromatic N) is 3. The number of hydrogen-bond donors (Lipinski definition) is 1. The number of imidazole rings is 1. The van der Waals surface area contributed by atoms with Gasteiger partial charge in [0.15, 0.2) is 11.3 Å². The molecule has 1 N–H and O–H groups in total. The van der Waals surface area contributed by atoms with Crippen molar-refractivity contribution in [3.63, 3.8) is 0 Å². The highest BCUT2D eigenvalue weighted by atomic mass is 16.5. The van der Waals surface area contributed by atoms with Crippen molar-refractivity contribution in [2.24, 2.45) is 11.8 Å². The van der Waals surface area contributed by atoms with E-state index >= 15 is 0 Å². The molecule has 33 heavy (non-hydrogen) atoms. The van der Waals surface area contributed by atoms with Gasteiger partial charge in [0, 0.05) is 6.42 Å². The van der Waals surface area contributed by atoms with E-state index in [1.807, 2.05) is 39.0 Å². The predicted molar refractivity (Wildman–Crippen MR) is 125 cm³/mol. The molecule has 1 aliphatic rings. The van der Waals surface area contributed by atoms with Gasteiger partial charge in [0.1, 0.15) is 11.6 Å². The van der Waals surface area contributed by atoms with Crippen molar-refractivity contribution in [3.05, 3.63) is 45.6 Å². The fourth-order valence-corrected chi connectivity index (χ4v) is 4.60. The first kappa shape index (κ1) is 23.0. The van der Waals surface area contributed by atoms with Crippen molar-refractivity contribution in [2.75, 3.05) is 13.2 Å². The van der Waals surface area contributed by atoms with Crippen LogP contribution < -0.4 is 10.3 Å². The maximum atomic E-state index is 12.9. The lowest BCUT2D eigenvalue weighted by molar-refractivity contribution is -0.152. The summed E-state index contributed by atoms with van der Waals surface area (Å²) in [5, 5.41) is 4.76. The van der Waals surface area contributed by atoms with Gasteiger partial charge in [-0.1, -0.05) is 13.0 Å². The topological polar surface area (TPSA) is 98.6 Å². The largest absolute Gasteiger partial charge is 0.493 e. The minimum atomic E-state index is -0.212. The molecule has 0 bridgehead atoms. The quantitative estimate of drug-likeness (QED) is 0.495. The summed E-state index contributed by atoms with van der Waals surface area (Å²) >= 11 is 0. The molecule has 8 nitrogen and oxygen atoms in total. The number of aryl methyl sites for hydroxylation is 2. The molecule has 4 rings (SSSR count). The molecule has 0 aliphatic heterocycles. The Hall–Kier alpha value is -3.16. The van der Waals surface area contributed by atoms with Crippen LogP contribution in [0.2, 0.25) is 0 Å². The monoisotopic (exact) mass is 452 g/mol. The summed E-state index contributed by atoms with van der Waals surface area (Å²) in [4.78, 5) is 32.3. The summed E-state index contributed by atoms with van der Waals surface area (Å²) in [6, 6.07) is 6.02. The number of esters is 1. The summed E-state index contributed by atoms with van der Waals surface area (Å²) < 4.78 is 12.7. The van der Waals surface area contributed by atoms with E-state index in [1.54, 1.807) is 4.52 Å². The van der Waals surface area contributed by atoms with Gasteiger partial charge in [0.05, 0.1) is 30.4 Å². The van der Waals surface area contributed by atoms with Crippen LogP contribution in [-0.2, 0) is 22.4 Å². The second-order valence-electron chi connectivity index (χ2n) is 8.68. The minimum Gasteiger partial charge on any atom is -0.493 e. The summed E-state index contributed by atoms with van der Waals surface area (Å²) in [5.41, 5.74) is 2.83. The molecular weight excluding hydrogens is 420 g/mol. The summed E-state index contributed by atoms with van der Waals surface area (Å²) in [7, 11) is 0. The maximum Gasteiger partial charge on any atom is 0.308 e. The molecule has 3 aromatic rings. The van der Waals surface area contributed by atoms with Crippen LogP contribution in [0, 0.1) is 18.8 Å². The third-order valence-electron chi connectivity index (χ3n) is 6.20. The van der Waals surface area contributed by atoms with Gasteiger partial charge in [-0.05, 0) is 70.1 Å². The lowest BCUT2D eigenvalue weighted by Gasteiger charge is -2.33. The van der Waals surface area contributed by atoms with E-state index in [4.69, 9.17) is 14.6 Å². The number of fused-ring (bicyclic) bond motifs is 1. The highest BCUT2D eigenvalue weighted by molar-refractivity contribution is 5.73. The lowest BCUT2D eigenvalue weighted by Crippen LogP contribution is -2.33. The summed E-state index contributed by atoms with van der Waals surface area (Å²) in [5.74, 6) is 2.29. The van der Waals surface area contributed by atoms with Crippen molar-refractivity contribution in [1.82, 2.24) is 19.6 Å². The van der Waals surface area contributed by atoms with Crippen LogP contribution in [0.1, 0.15) is 57.1 Å². The Bertz CT molecular complexity index is 1210. The molecule has 0 radical (unpaired) electrons. The molecule has 0 atom stereocenters. The molecule has 0 spiro atoms. The first-order valence-electron chi connectivity index (χ1n) is 11.9. The van der Waals surface area contributed by atoms with Gasteiger partial charge in [-0.3, -0.25) is 9.59 Å². The second-order valence-corrected chi connectivity index (χ2v) is 8.68. The molecule has 0 amide bonds. The van der Waals surface area contributed by atoms with Gasteiger partial charge < -0.3 is 14.5 Å². The van der Waals surface area contributed by atoms with Crippen LogP contribution in [0.25, 0.3) is 16.9 Å². The minimum absolute atomic E-state index is 0.0130. The number of aromatic nitrogens is 4. The standard InChI is InChI=1S/C25H32N4O4/c1-5-8-21-26-15(4)22-24(30)27-23(28-29(21)22)19-14-16(9-10-20(19)32-6-2)11-17-12-18(13-17)25(31)33-7-3/h9-10,14,17-18H,5-8,11-13H2,1-4H3,(H,27,28,30). The average Bonchev–Trinajstić information content (AvgIpc) is 3.07. The van der Waals surface area contributed by atoms with E-state index in [0.717, 1.165) is 49.1 Å². The van der Waals surface area contributed by atoms with Crippen LogP contribution in [-0.4, -0.2) is 38.8 Å². The SMILES string of the molecule is CCCc1nc(C)c2c(=O)[nH]c(-c3cc(CC4CC(C(=O)OCC)C4)ccc3OCC)nn12. The molecule has 1 aliphatic carbocycles. The van der Waals surface area contributed by atoms with E-state index in [1.165, 1.54) is 0 Å². The number of hydrogen-bond acceptors (Lipinski definition) is 6. The Morgan fingerprint density at radius 3 is 2.70 bits per heavy atom. The van der Waals surface area contributed by atoms with Crippen molar-refractivity contribution in [3.8, 4) is 17.1 Å². The number of nitrogens with one attached hydrogen (secondary N) is 1. The van der Waals surface area contributed by atoms with Crippen molar-refractivity contribution < 1.29 is 14.3 Å². The van der Waals surface area contributed by atoms with E-state index in [2.05, 4.69) is 16.9 Å². The fraction of sp³-hybridized carbons (Fsp3) is 0.520. The summed E-state index contributed by atoms with van der Waals surface area (Å²) in [6.45, 7) is 8.61. The zero-order chi connectivity index (χ0) is 23.5. The lowest BCUT2D eigenvalue weighted by atomic mass is 9.72. The van der Waals surface area contributed by atoms with Gasteiger partial charge in [-0.2, -0.15) is 0 Å². The zero-order valence-corrected chi connectivity index (χ0v) is 19.8. The molecule has 1 aromatic carbocycles. The highest BCUT2D eigenvalue weighted by Gasteiger charge is 2.35. The van der Waals surface area contributed by atoms with Crippen LogP contribution in [0.4, 0.5) is 0 Å². The van der Waals surface area contributed by atoms with Gasteiger partial charge >= 0.3 is 5.97 Å². The fourth-order valence-electron chi connectivity index (χ4n) is 4.60. The highest BCUT2D eigenvalue weighted by Crippen LogP contribution is 2.38. The molecule has 8 heteroatoms. The molecule has 2 aromatic heterocycles. The first-order chi connectivity index (χ1) is 15.9. The number of H-pyrrole nitrogens is 1. The molecule has 1 saturated carbocycles. The van der Waals surface area contributed by atoms with Gasteiger partial charge in [-0.25, -0.2) is 9.50 Å². The number of carbonyl (C=O) groups excluding carboxylic acids is 1. The summed E-state index contributed by atoms with van der Waals surface area (Å²) in [6.07, 6.45) is 4.20. The number of ether oxygens (including phenoxy) is 2. The van der Waals surface area contributed by atoms with Gasteiger partial charge in [-0.15, -0.1) is 5.10 Å². The van der Waals surface area contributed by atoms with Crippen molar-refractivity contribution in [1.29, 1.82) is 0 Å². The molecule has 0 saturated heterocycles. The Balaban J connectivity index is 1.65. The number of aromatic amines is 1. The number of benzene rings is 1. The predicted octanol–water partition coefficient (Wildman–Crippen LogP) is 3.88. The van der Waals surface area contributed by atoms with Gasteiger partial charge in [0.2, 0.25) is 0 Å². The molecule has 0 unspecified atom stereocenters. The smallest absolute Gasteiger partial charge is 0.308 e. The third-order valence-corrected chi connectivity index (χ3v) is 6.20. The molecule has 1 fully saturated rings. The van der Waals surface area contributed by atoms with E-state index < -0.39 is 0 Å². The average molecular weight is 453 g/mol. The normalized spacial score (nSPS) is 17.7. The van der Waals surface area contributed by atoms with Crippen molar-refractivity contribution >= 4 is 11.5 Å². The van der Waals surface area contributed by atoms with Crippen LogP contribution >= 0.6 is 0 Å². The maximum absolute atomic E-state index is 12.9. The van der Waals surface area contributed by atoms with Crippen molar-refractivity contribution in [2.45, 2.75) is 59.8 Å². The molecule has 176 valence electrons. The third kappa shape index (κ3) is 4.65. The second kappa shape index (κ2) is 9.77. The Morgan fingerprint density at radius 1 is 1.21 bits per heavy atom. The van der Waals surface area contributed by atoms with Gasteiger partial charge in [0.25, 0.3) is 5.56 Å². The number of rotatable bonds is 9. The molecule has 2 heterocycles. The van der Waals surface area contributed by atoms with Crippen LogP contribution in [0.15, 0.2) is 23.0 Å². The van der Waals surface area contributed by atoms with Crippen LogP contribution in [0.3, 0.4) is 0 Å². The molecular formula is C25H32N4O4. The Kier molecular flexibility index (Phi) is 6.81. The Morgan fingerprint density at radius 2 is 2.00 bits per heavy atom. The zero-order valence-electron chi connectivity index (χ0n) is 19.8. The van der Waals surface area contributed by atoms with E-state index in [9.17, 15) is 9.59 Å². The first-order valence-corrected chi connectivity index (χ1v) is 11.9. The number of carbonyl (C=O) groups is 1. The Labute approximate surface area is 193 Å².